The molecule has 4 nitrogen and oxygen atoms in total. The summed E-state index contributed by atoms with van der Waals surface area (Å²) in [6.07, 6.45) is 0.708. The topological polar surface area (TPSA) is 72.5 Å². The zero-order chi connectivity index (χ0) is 14.6. The van der Waals surface area contributed by atoms with Gasteiger partial charge in [0.15, 0.2) is 0 Å². The molecule has 1 rings (SSSR count). The van der Waals surface area contributed by atoms with E-state index in [4.69, 9.17) is 15.6 Å². The van der Waals surface area contributed by atoms with Crippen molar-refractivity contribution in [3.63, 3.8) is 0 Å². The molecule has 0 aromatic heterocycles. The molecule has 1 aromatic rings. The van der Waals surface area contributed by atoms with Crippen molar-refractivity contribution < 1.29 is 14.6 Å². The number of aryl methyl sites for hydroxylation is 1. The summed E-state index contributed by atoms with van der Waals surface area (Å²) in [6.45, 7) is 7.81. The highest BCUT2D eigenvalue weighted by Gasteiger charge is 2.30. The van der Waals surface area contributed by atoms with E-state index in [0.29, 0.717) is 11.3 Å². The second-order valence-electron chi connectivity index (χ2n) is 5.24. The van der Waals surface area contributed by atoms with Gasteiger partial charge in [-0.1, -0.05) is 19.1 Å². The third kappa shape index (κ3) is 3.96. The lowest BCUT2D eigenvalue weighted by Gasteiger charge is -2.34. The van der Waals surface area contributed by atoms with Gasteiger partial charge in [0.25, 0.3) is 0 Å². The average Bonchev–Trinajstić information content (AvgIpc) is 2.31. The maximum atomic E-state index is 10.9. The van der Waals surface area contributed by atoms with E-state index in [1.807, 2.05) is 39.8 Å². The number of carbonyl (C=O) groups is 1. The fraction of sp³-hybridized carbons (Fsp3) is 0.533. The summed E-state index contributed by atoms with van der Waals surface area (Å²) in [7, 11) is 0. The van der Waals surface area contributed by atoms with E-state index in [1.165, 1.54) is 0 Å². The van der Waals surface area contributed by atoms with Crippen LogP contribution in [0.5, 0.6) is 5.75 Å². The van der Waals surface area contributed by atoms with Crippen LogP contribution in [0.25, 0.3) is 0 Å². The molecule has 0 bridgehead atoms. The Bertz CT molecular complexity index is 457. The average molecular weight is 265 g/mol. The van der Waals surface area contributed by atoms with Crippen molar-refractivity contribution in [2.75, 3.05) is 0 Å². The molecule has 106 valence electrons. The second kappa shape index (κ2) is 6.06. The smallest absolute Gasteiger partial charge is 0.307 e. The molecule has 0 amide bonds. The van der Waals surface area contributed by atoms with Crippen molar-refractivity contribution in [1.29, 1.82) is 0 Å². The second-order valence-corrected chi connectivity index (χ2v) is 5.24. The fourth-order valence-corrected chi connectivity index (χ4v) is 1.80. The SMILES string of the molecule is CC[C@](C)(Oc1cc(C)ccc1CC(=O)O)C(C)N. The fourth-order valence-electron chi connectivity index (χ4n) is 1.80. The molecule has 19 heavy (non-hydrogen) atoms. The zero-order valence-electron chi connectivity index (χ0n) is 12.1. The summed E-state index contributed by atoms with van der Waals surface area (Å²) in [5, 5.41) is 8.95. The minimum atomic E-state index is -0.868. The summed E-state index contributed by atoms with van der Waals surface area (Å²) in [5.74, 6) is -0.253. The van der Waals surface area contributed by atoms with Crippen LogP contribution in [0.4, 0.5) is 0 Å². The van der Waals surface area contributed by atoms with Gasteiger partial charge in [0.2, 0.25) is 0 Å². The number of ether oxygens (including phenoxy) is 1. The zero-order valence-corrected chi connectivity index (χ0v) is 12.1. The number of rotatable bonds is 6. The lowest BCUT2D eigenvalue weighted by molar-refractivity contribution is -0.136. The van der Waals surface area contributed by atoms with E-state index >= 15 is 0 Å². The van der Waals surface area contributed by atoms with E-state index in [-0.39, 0.29) is 12.5 Å². The summed E-state index contributed by atoms with van der Waals surface area (Å²) < 4.78 is 6.04. The van der Waals surface area contributed by atoms with Gasteiger partial charge in [-0.05, 0) is 38.8 Å². The Hall–Kier alpha value is -1.55. The Balaban J connectivity index is 3.10. The predicted molar refractivity (Wildman–Crippen MR) is 75.5 cm³/mol. The van der Waals surface area contributed by atoms with Gasteiger partial charge in [-0.2, -0.15) is 0 Å². The standard InChI is InChI=1S/C15H23NO3/c1-5-15(4,11(3)16)19-13-8-10(2)6-7-12(13)9-14(17)18/h6-8,11H,5,9,16H2,1-4H3,(H,17,18)/t11?,15-/m0/s1. The minimum absolute atomic E-state index is 0.0473. The molecular weight excluding hydrogens is 242 g/mol. The molecule has 1 unspecified atom stereocenters. The van der Waals surface area contributed by atoms with Gasteiger partial charge in [0.1, 0.15) is 11.4 Å². The first-order chi connectivity index (χ1) is 8.78. The van der Waals surface area contributed by atoms with Crippen molar-refractivity contribution in [2.45, 2.75) is 52.2 Å². The van der Waals surface area contributed by atoms with Crippen molar-refractivity contribution in [3.8, 4) is 5.75 Å². The third-order valence-electron chi connectivity index (χ3n) is 3.57. The first-order valence-corrected chi connectivity index (χ1v) is 6.54. The van der Waals surface area contributed by atoms with Crippen LogP contribution in [0.3, 0.4) is 0 Å². The van der Waals surface area contributed by atoms with E-state index in [0.717, 1.165) is 12.0 Å². The van der Waals surface area contributed by atoms with Crippen LogP contribution in [0.15, 0.2) is 18.2 Å². The Morgan fingerprint density at radius 3 is 2.63 bits per heavy atom. The van der Waals surface area contributed by atoms with E-state index in [2.05, 4.69) is 0 Å². The number of hydrogen-bond acceptors (Lipinski definition) is 3. The normalized spacial score (nSPS) is 15.6. The lowest BCUT2D eigenvalue weighted by Crippen LogP contribution is -2.48. The van der Waals surface area contributed by atoms with Gasteiger partial charge in [0, 0.05) is 11.6 Å². The van der Waals surface area contributed by atoms with E-state index in [9.17, 15) is 4.79 Å². The number of aliphatic carboxylic acids is 1. The third-order valence-corrected chi connectivity index (χ3v) is 3.57. The number of carboxylic acids is 1. The summed E-state index contributed by atoms with van der Waals surface area (Å²) in [4.78, 5) is 10.9. The maximum absolute atomic E-state index is 10.9. The molecule has 0 radical (unpaired) electrons. The molecule has 1 aromatic carbocycles. The van der Waals surface area contributed by atoms with Gasteiger partial charge in [-0.25, -0.2) is 0 Å². The van der Waals surface area contributed by atoms with Crippen LogP contribution in [0.1, 0.15) is 38.3 Å². The van der Waals surface area contributed by atoms with Crippen LogP contribution in [0, 0.1) is 6.92 Å². The largest absolute Gasteiger partial charge is 0.486 e. The summed E-state index contributed by atoms with van der Waals surface area (Å²) in [5.41, 5.74) is 7.19. The summed E-state index contributed by atoms with van der Waals surface area (Å²) in [6, 6.07) is 5.42. The monoisotopic (exact) mass is 265 g/mol. The van der Waals surface area contributed by atoms with Crippen LogP contribution < -0.4 is 10.5 Å². The molecular formula is C15H23NO3. The number of hydrogen-bond donors (Lipinski definition) is 2. The van der Waals surface area contributed by atoms with Crippen LogP contribution >= 0.6 is 0 Å². The molecule has 0 aliphatic rings. The summed E-state index contributed by atoms with van der Waals surface area (Å²) >= 11 is 0. The highest BCUT2D eigenvalue weighted by atomic mass is 16.5. The Kier molecular flexibility index (Phi) is 4.95. The van der Waals surface area contributed by atoms with Gasteiger partial charge in [-0.15, -0.1) is 0 Å². The minimum Gasteiger partial charge on any atom is -0.486 e. The van der Waals surface area contributed by atoms with Crippen LogP contribution in [0.2, 0.25) is 0 Å². The van der Waals surface area contributed by atoms with Gasteiger partial charge >= 0.3 is 5.97 Å². The molecule has 0 spiro atoms. The molecule has 0 aliphatic heterocycles. The quantitative estimate of drug-likeness (QED) is 0.829. The molecule has 0 aliphatic carbocycles. The number of nitrogens with two attached hydrogens (primary N) is 1. The number of carboxylic acid groups (broad SMARTS) is 1. The van der Waals surface area contributed by atoms with Crippen LogP contribution in [-0.2, 0) is 11.2 Å². The molecule has 0 fully saturated rings. The van der Waals surface area contributed by atoms with Gasteiger partial charge in [-0.3, -0.25) is 4.79 Å². The predicted octanol–water partition coefficient (Wildman–Crippen LogP) is 2.52. The highest BCUT2D eigenvalue weighted by Crippen LogP contribution is 2.28. The Morgan fingerprint density at radius 2 is 2.16 bits per heavy atom. The first-order valence-electron chi connectivity index (χ1n) is 6.54. The lowest BCUT2D eigenvalue weighted by atomic mass is 9.95. The molecule has 0 saturated carbocycles. The van der Waals surface area contributed by atoms with Crippen LogP contribution in [-0.4, -0.2) is 22.7 Å². The molecule has 0 saturated heterocycles. The van der Waals surface area contributed by atoms with Crippen molar-refractivity contribution >= 4 is 5.97 Å². The molecule has 3 N–H and O–H groups in total. The van der Waals surface area contributed by atoms with Gasteiger partial charge < -0.3 is 15.6 Å². The Labute approximate surface area is 114 Å². The molecule has 4 heteroatoms. The molecule has 0 heterocycles. The van der Waals surface area contributed by atoms with E-state index < -0.39 is 11.6 Å². The van der Waals surface area contributed by atoms with Crippen molar-refractivity contribution in [1.82, 2.24) is 0 Å². The number of benzene rings is 1. The van der Waals surface area contributed by atoms with Gasteiger partial charge in [0.05, 0.1) is 6.42 Å². The maximum Gasteiger partial charge on any atom is 0.307 e. The highest BCUT2D eigenvalue weighted by molar-refractivity contribution is 5.71. The molecule has 2 atom stereocenters. The van der Waals surface area contributed by atoms with Crippen molar-refractivity contribution in [2.24, 2.45) is 5.73 Å². The van der Waals surface area contributed by atoms with Crippen molar-refractivity contribution in [3.05, 3.63) is 29.3 Å². The van der Waals surface area contributed by atoms with E-state index in [1.54, 1.807) is 6.07 Å². The Morgan fingerprint density at radius 1 is 1.53 bits per heavy atom. The first kappa shape index (κ1) is 15.5.